The quantitative estimate of drug-likeness (QED) is 0.106. The van der Waals surface area contributed by atoms with Crippen LogP contribution in [0.2, 0.25) is 0 Å². The Morgan fingerprint density at radius 1 is 0.869 bits per heavy atom. The van der Waals surface area contributed by atoms with Crippen LogP contribution >= 0.6 is 0 Å². The van der Waals surface area contributed by atoms with E-state index >= 15 is 4.79 Å². The zero-order valence-corrected chi connectivity index (χ0v) is 34.4. The van der Waals surface area contributed by atoms with Crippen LogP contribution in [0.25, 0.3) is 17.5 Å². The number of nitrogens with zero attached hydrogens (tertiary/aromatic N) is 2. The highest BCUT2D eigenvalue weighted by atomic mass is 16.5. The highest BCUT2D eigenvalue weighted by molar-refractivity contribution is 6.05. The Morgan fingerprint density at radius 3 is 2.49 bits per heavy atom. The highest BCUT2D eigenvalue weighted by Crippen LogP contribution is 2.47. The summed E-state index contributed by atoms with van der Waals surface area (Å²) in [5, 5.41) is 50.2. The molecule has 10 heteroatoms. The number of carbonyl (C=O) groups excluding carboxylic acids is 2. The Balaban J connectivity index is 1.11. The number of hydrogen-bond donors (Lipinski definition) is 5. The summed E-state index contributed by atoms with van der Waals surface area (Å²) in [4.78, 5) is 37.8. The van der Waals surface area contributed by atoms with E-state index in [2.05, 4.69) is 28.2 Å². The largest absolute Gasteiger partial charge is 0.664 e. The zero-order chi connectivity index (χ0) is 42.1. The van der Waals surface area contributed by atoms with E-state index in [0.717, 1.165) is 59.1 Å². The summed E-state index contributed by atoms with van der Waals surface area (Å²) in [6.07, 6.45) is 15.4. The molecule has 1 aliphatic heterocycles. The standard InChI is InChI=1S/C51H53N3O7/c55-22-17-41-45(57)12-11-33-26-36(48(58)46(27-33)61-38-8-1-2-9-38)25-32-6-3-5-31(23-32)24-35-15-20-53-50(35)54-30-37-28-43-40(16-21-52-43)42(47(37)49(41)59)29-51(60)18-13-34-7-4-10-44(56)39(34)14-19-51/h3-7,10,14-16,19-21,23,26-28,38,41-42,47,53,55-56,58,60H,1-2,8-9,11-13,17-18,22,24-25,29-30H2/q-2. The van der Waals surface area contributed by atoms with Crippen molar-refractivity contribution in [2.75, 3.05) is 13.2 Å². The van der Waals surface area contributed by atoms with Crippen LogP contribution in [-0.4, -0.2) is 61.8 Å². The van der Waals surface area contributed by atoms with E-state index in [1.807, 2.05) is 48.7 Å². The van der Waals surface area contributed by atoms with Crippen molar-refractivity contribution in [1.82, 2.24) is 9.97 Å². The molecule has 316 valence electrons. The number of aromatic amines is 1. The van der Waals surface area contributed by atoms with E-state index in [0.29, 0.717) is 66.1 Å². The number of phenolic OH excluding ortho intramolecular Hbond substituents is 2. The van der Waals surface area contributed by atoms with Crippen LogP contribution in [0.3, 0.4) is 0 Å². The van der Waals surface area contributed by atoms with Crippen LogP contribution < -0.4 is 9.72 Å². The lowest BCUT2D eigenvalue weighted by molar-refractivity contribution is -0.135. The number of aliphatic hydroxyl groups is 2. The maximum absolute atomic E-state index is 15.3. The lowest BCUT2D eigenvalue weighted by atomic mass is 9.67. The Morgan fingerprint density at radius 2 is 1.67 bits per heavy atom. The summed E-state index contributed by atoms with van der Waals surface area (Å²) in [6, 6.07) is 21.4. The number of H-pyrrole nitrogens is 1. The van der Waals surface area contributed by atoms with Crippen LogP contribution in [0.4, 0.5) is 5.82 Å². The summed E-state index contributed by atoms with van der Waals surface area (Å²) in [5.74, 6) is -1.76. The first-order chi connectivity index (χ1) is 29.6. The van der Waals surface area contributed by atoms with Crippen LogP contribution in [0, 0.1) is 11.8 Å². The molecule has 2 aromatic heterocycles. The maximum Gasteiger partial charge on any atom is 0.161 e. The van der Waals surface area contributed by atoms with E-state index in [1.54, 1.807) is 30.5 Å². The smallest absolute Gasteiger partial charge is 0.161 e. The number of rotatable bonds is 6. The molecule has 9 rings (SSSR count). The van der Waals surface area contributed by atoms with Crippen molar-refractivity contribution >= 4 is 29.5 Å². The SMILES string of the molecule is O=C1CCc2cc(c(O)c(OC3CCCC3)c2)Cc2cccc(c2)Cc2cc[nH]c2[N-]CC2=Cc3[n-]ccc3C(CC3(O)C=Cc4c(O)cccc4CC3)C2C(=O)C1CCO. The number of hydrogen-bond acceptors (Lipinski definition) is 7. The van der Waals surface area contributed by atoms with Crippen molar-refractivity contribution in [2.24, 2.45) is 11.8 Å². The summed E-state index contributed by atoms with van der Waals surface area (Å²) in [7, 11) is 0. The summed E-state index contributed by atoms with van der Waals surface area (Å²) < 4.78 is 6.41. The molecule has 10 nitrogen and oxygen atoms in total. The Labute approximate surface area is 356 Å². The average molecular weight is 820 g/mol. The molecule has 5 N–H and O–H groups in total. The number of aromatic hydroxyl groups is 2. The molecule has 61 heavy (non-hydrogen) atoms. The number of phenols is 2. The van der Waals surface area contributed by atoms with E-state index in [-0.39, 0.29) is 61.6 Å². The molecule has 0 amide bonds. The summed E-state index contributed by atoms with van der Waals surface area (Å²) >= 11 is 0. The number of benzene rings is 3. The Hall–Kier alpha value is -5.84. The molecule has 4 aliphatic rings. The Bertz CT molecular complexity index is 2490. The molecule has 1 saturated carbocycles. The fraction of sp³-hybridized carbons (Fsp3) is 0.373. The fourth-order valence-electron chi connectivity index (χ4n) is 10.2. The molecule has 0 spiro atoms. The predicted octanol–water partition coefficient (Wildman–Crippen LogP) is 8.55. The highest BCUT2D eigenvalue weighted by Gasteiger charge is 2.43. The first-order valence-electron chi connectivity index (χ1n) is 21.8. The number of aliphatic hydroxyl groups excluding tert-OH is 1. The van der Waals surface area contributed by atoms with Gasteiger partial charge in [-0.1, -0.05) is 96.0 Å². The molecule has 3 aliphatic carbocycles. The first kappa shape index (κ1) is 40.6. The normalized spacial score (nSPS) is 23.2. The first-order valence-corrected chi connectivity index (χ1v) is 21.8. The number of carbonyl (C=O) groups is 2. The molecule has 0 radical (unpaired) electrons. The second kappa shape index (κ2) is 17.3. The van der Waals surface area contributed by atoms with Gasteiger partial charge in [0.25, 0.3) is 0 Å². The van der Waals surface area contributed by atoms with Crippen molar-refractivity contribution in [3.63, 3.8) is 0 Å². The van der Waals surface area contributed by atoms with E-state index < -0.39 is 23.4 Å². The monoisotopic (exact) mass is 819 g/mol. The van der Waals surface area contributed by atoms with Crippen molar-refractivity contribution in [3.8, 4) is 17.2 Å². The van der Waals surface area contributed by atoms with Crippen LogP contribution in [0.1, 0.15) is 107 Å². The Kier molecular flexibility index (Phi) is 11.5. The van der Waals surface area contributed by atoms with Crippen LogP contribution in [0.5, 0.6) is 17.2 Å². The molecule has 4 unspecified atom stereocenters. The molecule has 3 heterocycles. The third kappa shape index (κ3) is 8.57. The average Bonchev–Trinajstić information content (AvgIpc) is 4.03. The van der Waals surface area contributed by atoms with Gasteiger partial charge in [-0.15, -0.1) is 5.69 Å². The molecule has 5 aromatic rings. The summed E-state index contributed by atoms with van der Waals surface area (Å²) in [6.45, 7) is -0.205. The third-order valence-corrected chi connectivity index (χ3v) is 13.4. The number of ether oxygens (including phenoxy) is 1. The number of nitrogens with one attached hydrogen (secondary N) is 1. The molecular weight excluding hydrogens is 767 g/mol. The van der Waals surface area contributed by atoms with Gasteiger partial charge in [0.2, 0.25) is 0 Å². The van der Waals surface area contributed by atoms with Gasteiger partial charge in [-0.25, -0.2) is 0 Å². The van der Waals surface area contributed by atoms with Gasteiger partial charge < -0.3 is 40.4 Å². The topological polar surface area (TPSA) is 168 Å². The maximum atomic E-state index is 15.3. The molecule has 4 atom stereocenters. The van der Waals surface area contributed by atoms with E-state index in [1.165, 1.54) is 0 Å². The minimum atomic E-state index is -1.36. The van der Waals surface area contributed by atoms with Crippen molar-refractivity contribution in [2.45, 2.75) is 94.7 Å². The molecule has 3 aromatic carbocycles. The van der Waals surface area contributed by atoms with Crippen molar-refractivity contribution in [3.05, 3.63) is 146 Å². The van der Waals surface area contributed by atoms with Crippen molar-refractivity contribution < 1.29 is 34.8 Å². The van der Waals surface area contributed by atoms with Crippen LogP contribution in [0.15, 0.2) is 90.8 Å². The van der Waals surface area contributed by atoms with Crippen LogP contribution in [-0.2, 0) is 35.3 Å². The van der Waals surface area contributed by atoms with Crippen molar-refractivity contribution in [1.29, 1.82) is 0 Å². The minimum absolute atomic E-state index is 0.0128. The van der Waals surface area contributed by atoms with Gasteiger partial charge in [0, 0.05) is 36.5 Å². The van der Waals surface area contributed by atoms with Gasteiger partial charge in [-0.05, 0) is 117 Å². The molecule has 4 bridgehead atoms. The van der Waals surface area contributed by atoms with Gasteiger partial charge in [-0.3, -0.25) is 9.59 Å². The van der Waals surface area contributed by atoms with Gasteiger partial charge in [-0.2, -0.15) is 6.20 Å². The third-order valence-electron chi connectivity index (χ3n) is 13.4. The van der Waals surface area contributed by atoms with Gasteiger partial charge in [0.15, 0.2) is 17.3 Å². The van der Waals surface area contributed by atoms with Gasteiger partial charge in [0.05, 0.1) is 17.6 Å². The number of aryl methyl sites for hydroxylation is 2. The number of Topliss-reactive ketones (excluding diaryl/α,β-unsaturated/α-hetero) is 2. The number of aromatic nitrogens is 2. The van der Waals surface area contributed by atoms with E-state index in [9.17, 15) is 25.2 Å². The predicted molar refractivity (Wildman–Crippen MR) is 234 cm³/mol. The van der Waals surface area contributed by atoms with Gasteiger partial charge >= 0.3 is 0 Å². The van der Waals surface area contributed by atoms with E-state index in [4.69, 9.17) is 10.1 Å². The number of ketones is 2. The van der Waals surface area contributed by atoms with Gasteiger partial charge in [0.1, 0.15) is 11.5 Å². The molecule has 1 fully saturated rings. The minimum Gasteiger partial charge on any atom is -0.664 e. The zero-order valence-electron chi connectivity index (χ0n) is 34.4. The lowest BCUT2D eigenvalue weighted by Crippen LogP contribution is -2.40. The molecule has 0 saturated heterocycles. The fourth-order valence-corrected chi connectivity index (χ4v) is 10.2. The number of fused-ring (bicyclic) bond motifs is 8. The second-order valence-electron chi connectivity index (χ2n) is 17.5. The lowest BCUT2D eigenvalue weighted by Gasteiger charge is -2.40. The molecular formula is C51H53N3O7-2. The second-order valence-corrected chi connectivity index (χ2v) is 17.5. The summed E-state index contributed by atoms with van der Waals surface area (Å²) in [5.41, 5.74) is 7.05.